The molecule has 0 heterocycles. The molecule has 0 aliphatic carbocycles. The molecule has 2 N–H and O–H groups in total. The maximum absolute atomic E-state index is 10.7. The first-order chi connectivity index (χ1) is 8.93. The van der Waals surface area contributed by atoms with Crippen molar-refractivity contribution in [3.63, 3.8) is 0 Å². The number of hydrogen-bond donors (Lipinski definition) is 2. The maximum Gasteiger partial charge on any atom is 0.303 e. The molecule has 0 amide bonds. The van der Waals surface area contributed by atoms with E-state index in [2.05, 4.69) is 36.5 Å². The van der Waals surface area contributed by atoms with Crippen LogP contribution in [0.15, 0.2) is 24.3 Å². The number of nitrogens with one attached hydrogen (secondary N) is 1. The van der Waals surface area contributed by atoms with Gasteiger partial charge in [-0.3, -0.25) is 4.79 Å². The van der Waals surface area contributed by atoms with Crippen LogP contribution in [0, 0.1) is 5.41 Å². The van der Waals surface area contributed by atoms with Gasteiger partial charge in [-0.15, -0.1) is 0 Å². The lowest BCUT2D eigenvalue weighted by Gasteiger charge is -2.22. The van der Waals surface area contributed by atoms with E-state index in [0.717, 1.165) is 25.9 Å². The fourth-order valence-electron chi connectivity index (χ4n) is 2.07. The van der Waals surface area contributed by atoms with Crippen LogP contribution in [0.4, 0.5) is 0 Å². The lowest BCUT2D eigenvalue weighted by atomic mass is 9.89. The average Bonchev–Trinajstić information content (AvgIpc) is 2.34. The molecule has 0 bridgehead atoms. The summed E-state index contributed by atoms with van der Waals surface area (Å²) in [5, 5.41) is 12.1. The van der Waals surface area contributed by atoms with Crippen molar-refractivity contribution in [1.29, 1.82) is 0 Å². The van der Waals surface area contributed by atoms with Crippen LogP contribution in [-0.2, 0) is 17.6 Å². The smallest absolute Gasteiger partial charge is 0.303 e. The minimum absolute atomic E-state index is 0.197. The number of aryl methyl sites for hydroxylation is 1. The van der Waals surface area contributed by atoms with E-state index in [9.17, 15) is 4.79 Å². The van der Waals surface area contributed by atoms with E-state index < -0.39 is 5.97 Å². The van der Waals surface area contributed by atoms with Crippen molar-refractivity contribution in [1.82, 2.24) is 5.32 Å². The molecule has 0 saturated carbocycles. The summed E-state index contributed by atoms with van der Waals surface area (Å²) in [4.78, 5) is 10.7. The Kier molecular flexibility index (Phi) is 6.03. The zero-order chi connectivity index (χ0) is 14.3. The molecule has 0 saturated heterocycles. The van der Waals surface area contributed by atoms with Gasteiger partial charge in [-0.05, 0) is 35.9 Å². The Morgan fingerprint density at radius 2 is 1.79 bits per heavy atom. The molecule has 1 aromatic rings. The molecule has 3 nitrogen and oxygen atoms in total. The third-order valence-electron chi connectivity index (χ3n) is 3.26. The number of hydrogen-bond acceptors (Lipinski definition) is 2. The van der Waals surface area contributed by atoms with Gasteiger partial charge in [0.05, 0.1) is 6.42 Å². The Bertz CT molecular complexity index is 396. The van der Waals surface area contributed by atoms with Crippen LogP contribution in [-0.4, -0.2) is 24.2 Å². The van der Waals surface area contributed by atoms with Crippen molar-refractivity contribution in [2.45, 2.75) is 40.0 Å². The monoisotopic (exact) mass is 263 g/mol. The minimum Gasteiger partial charge on any atom is -0.481 e. The molecule has 1 rings (SSSR count). The molecule has 106 valence electrons. The Hall–Kier alpha value is -1.35. The second-order valence-corrected chi connectivity index (χ2v) is 5.83. The van der Waals surface area contributed by atoms with Gasteiger partial charge < -0.3 is 10.4 Å². The summed E-state index contributed by atoms with van der Waals surface area (Å²) in [7, 11) is 0. The molecule has 0 radical (unpaired) electrons. The van der Waals surface area contributed by atoms with Crippen LogP contribution < -0.4 is 5.32 Å². The van der Waals surface area contributed by atoms with E-state index in [0.29, 0.717) is 0 Å². The second kappa shape index (κ2) is 7.29. The highest BCUT2D eigenvalue weighted by atomic mass is 16.4. The quantitative estimate of drug-likeness (QED) is 0.709. The predicted molar refractivity (Wildman–Crippen MR) is 78.4 cm³/mol. The zero-order valence-corrected chi connectivity index (χ0v) is 12.2. The highest BCUT2D eigenvalue weighted by Crippen LogP contribution is 2.18. The first kappa shape index (κ1) is 15.7. The SMILES string of the molecule is CCc1ccc(CCNCC(C)(C)CC(=O)O)cc1. The van der Waals surface area contributed by atoms with Crippen LogP contribution in [0.5, 0.6) is 0 Å². The Labute approximate surface area is 116 Å². The molecule has 3 heteroatoms. The third-order valence-corrected chi connectivity index (χ3v) is 3.26. The molecule has 0 aromatic heterocycles. The summed E-state index contributed by atoms with van der Waals surface area (Å²) in [5.74, 6) is -0.734. The molecule has 0 fully saturated rings. The fraction of sp³-hybridized carbons (Fsp3) is 0.562. The molecule has 0 aliphatic heterocycles. The first-order valence-electron chi connectivity index (χ1n) is 6.93. The van der Waals surface area contributed by atoms with Gasteiger partial charge in [0, 0.05) is 6.54 Å². The Morgan fingerprint density at radius 3 is 2.32 bits per heavy atom. The summed E-state index contributed by atoms with van der Waals surface area (Å²) in [6.07, 6.45) is 2.25. The normalized spacial score (nSPS) is 11.5. The van der Waals surface area contributed by atoms with Gasteiger partial charge in [0.15, 0.2) is 0 Å². The highest BCUT2D eigenvalue weighted by molar-refractivity contribution is 5.67. The number of carboxylic acids is 1. The van der Waals surface area contributed by atoms with E-state index in [1.165, 1.54) is 11.1 Å². The van der Waals surface area contributed by atoms with E-state index in [4.69, 9.17) is 5.11 Å². The van der Waals surface area contributed by atoms with Crippen LogP contribution in [0.25, 0.3) is 0 Å². The summed E-state index contributed by atoms with van der Waals surface area (Å²) in [6, 6.07) is 8.68. The molecular weight excluding hydrogens is 238 g/mol. The van der Waals surface area contributed by atoms with Crippen molar-refractivity contribution < 1.29 is 9.90 Å². The van der Waals surface area contributed by atoms with Crippen LogP contribution in [0.2, 0.25) is 0 Å². The third kappa shape index (κ3) is 6.39. The summed E-state index contributed by atoms with van der Waals surface area (Å²) in [6.45, 7) is 7.72. The number of rotatable bonds is 8. The molecule has 0 spiro atoms. The lowest BCUT2D eigenvalue weighted by molar-refractivity contribution is -0.139. The van der Waals surface area contributed by atoms with E-state index in [1.807, 2.05) is 13.8 Å². The molecule has 0 unspecified atom stereocenters. The van der Waals surface area contributed by atoms with Gasteiger partial charge in [0.1, 0.15) is 0 Å². The molecular formula is C16H25NO2. The van der Waals surface area contributed by atoms with Crippen LogP contribution in [0.1, 0.15) is 38.3 Å². The number of aliphatic carboxylic acids is 1. The zero-order valence-electron chi connectivity index (χ0n) is 12.2. The topological polar surface area (TPSA) is 49.3 Å². The number of benzene rings is 1. The maximum atomic E-state index is 10.7. The van der Waals surface area contributed by atoms with Crippen LogP contribution in [0.3, 0.4) is 0 Å². The number of carbonyl (C=O) groups is 1. The fourth-order valence-corrected chi connectivity index (χ4v) is 2.07. The average molecular weight is 263 g/mol. The Morgan fingerprint density at radius 1 is 1.21 bits per heavy atom. The van der Waals surface area contributed by atoms with Gasteiger partial charge in [-0.2, -0.15) is 0 Å². The first-order valence-corrected chi connectivity index (χ1v) is 6.93. The minimum atomic E-state index is -0.734. The van der Waals surface area contributed by atoms with Gasteiger partial charge >= 0.3 is 5.97 Å². The van der Waals surface area contributed by atoms with Gasteiger partial charge in [0.25, 0.3) is 0 Å². The van der Waals surface area contributed by atoms with Crippen molar-refractivity contribution in [2.75, 3.05) is 13.1 Å². The van der Waals surface area contributed by atoms with Crippen molar-refractivity contribution in [2.24, 2.45) is 5.41 Å². The molecule has 0 atom stereocenters. The van der Waals surface area contributed by atoms with E-state index in [1.54, 1.807) is 0 Å². The summed E-state index contributed by atoms with van der Waals surface area (Å²) < 4.78 is 0. The summed E-state index contributed by atoms with van der Waals surface area (Å²) in [5.41, 5.74) is 2.48. The summed E-state index contributed by atoms with van der Waals surface area (Å²) >= 11 is 0. The van der Waals surface area contributed by atoms with Gasteiger partial charge in [-0.1, -0.05) is 45.0 Å². The largest absolute Gasteiger partial charge is 0.481 e. The van der Waals surface area contributed by atoms with Gasteiger partial charge in [-0.25, -0.2) is 0 Å². The van der Waals surface area contributed by atoms with E-state index >= 15 is 0 Å². The molecule has 0 aliphatic rings. The molecule has 1 aromatic carbocycles. The highest BCUT2D eigenvalue weighted by Gasteiger charge is 2.20. The molecule has 19 heavy (non-hydrogen) atoms. The Balaban J connectivity index is 2.28. The predicted octanol–water partition coefficient (Wildman–Crippen LogP) is 2.88. The van der Waals surface area contributed by atoms with E-state index in [-0.39, 0.29) is 11.8 Å². The standard InChI is InChI=1S/C16H25NO2/c1-4-13-5-7-14(8-6-13)9-10-17-12-16(2,3)11-15(18)19/h5-8,17H,4,9-12H2,1-3H3,(H,18,19). The number of carboxylic acid groups (broad SMARTS) is 1. The van der Waals surface area contributed by atoms with Gasteiger partial charge in [0.2, 0.25) is 0 Å². The second-order valence-electron chi connectivity index (χ2n) is 5.83. The lowest BCUT2D eigenvalue weighted by Crippen LogP contribution is -2.32. The van der Waals surface area contributed by atoms with Crippen LogP contribution >= 0.6 is 0 Å². The van der Waals surface area contributed by atoms with Crippen molar-refractivity contribution in [3.05, 3.63) is 35.4 Å². The van der Waals surface area contributed by atoms with Crippen molar-refractivity contribution >= 4 is 5.97 Å². The van der Waals surface area contributed by atoms with Crippen molar-refractivity contribution in [3.8, 4) is 0 Å².